The molecule has 1 aliphatic carbocycles. The summed E-state index contributed by atoms with van der Waals surface area (Å²) in [5.41, 5.74) is 2.00. The van der Waals surface area contributed by atoms with Crippen molar-refractivity contribution in [2.75, 3.05) is 0 Å². The van der Waals surface area contributed by atoms with Crippen LogP contribution in [0.2, 0.25) is 5.02 Å². The summed E-state index contributed by atoms with van der Waals surface area (Å²) in [6.07, 6.45) is 6.61. The molecule has 1 fully saturated rings. The van der Waals surface area contributed by atoms with Crippen LogP contribution in [0.4, 0.5) is 0 Å². The number of carboxylic acid groups (broad SMARTS) is 1. The van der Waals surface area contributed by atoms with Crippen molar-refractivity contribution < 1.29 is 14.6 Å². The fourth-order valence-electron chi connectivity index (χ4n) is 5.49. The van der Waals surface area contributed by atoms with Crippen LogP contribution in [0.5, 0.6) is 11.5 Å². The summed E-state index contributed by atoms with van der Waals surface area (Å²) in [5.74, 6) is 0.770. The van der Waals surface area contributed by atoms with E-state index < -0.39 is 12.0 Å². The number of benzene rings is 3. The first kappa shape index (κ1) is 26.0. The van der Waals surface area contributed by atoms with Gasteiger partial charge in [-0.25, -0.2) is 4.79 Å². The summed E-state index contributed by atoms with van der Waals surface area (Å²) >= 11 is 6.26. The topological polar surface area (TPSA) is 118 Å². The molecule has 6 rings (SSSR count). The van der Waals surface area contributed by atoms with Gasteiger partial charge in [0.25, 0.3) is 0 Å². The molecule has 2 aromatic heterocycles. The van der Waals surface area contributed by atoms with Crippen LogP contribution < -0.4 is 10.1 Å². The second kappa shape index (κ2) is 11.5. The highest BCUT2D eigenvalue weighted by Crippen LogP contribution is 2.35. The van der Waals surface area contributed by atoms with E-state index in [1.54, 1.807) is 16.8 Å². The standard InChI is InChI=1S/C30H29ClN6O3/c31-19-15-16-24-25(17-19)33-28(30(38)39)26(24)27(32-20-9-4-1-2-5-10-20)29-34-35-36-37(29)21-11-8-14-23(18-21)40-22-12-6-3-7-13-22/h3,6-8,11-18,20,27,32-33H,1-2,4-5,9-10H2,(H,38,39). The van der Waals surface area contributed by atoms with Gasteiger partial charge in [0.15, 0.2) is 5.82 Å². The zero-order chi connectivity index (χ0) is 27.5. The van der Waals surface area contributed by atoms with Gasteiger partial charge < -0.3 is 20.1 Å². The molecule has 0 spiro atoms. The minimum absolute atomic E-state index is 0.0825. The Bertz CT molecular complexity index is 1630. The number of nitrogens with one attached hydrogen (secondary N) is 2. The van der Waals surface area contributed by atoms with Crippen molar-refractivity contribution in [3.05, 3.63) is 94.9 Å². The number of nitrogens with zero attached hydrogens (tertiary/aromatic N) is 4. The molecule has 3 aromatic carbocycles. The highest BCUT2D eigenvalue weighted by atomic mass is 35.5. The molecule has 0 aliphatic heterocycles. The number of halogens is 1. The van der Waals surface area contributed by atoms with Crippen molar-refractivity contribution in [2.24, 2.45) is 0 Å². The second-order valence-electron chi connectivity index (χ2n) is 10.1. The first-order valence-corrected chi connectivity index (χ1v) is 13.9. The lowest BCUT2D eigenvalue weighted by molar-refractivity contribution is 0.0689. The second-order valence-corrected chi connectivity index (χ2v) is 10.5. The third-order valence-corrected chi connectivity index (χ3v) is 7.59. The van der Waals surface area contributed by atoms with E-state index in [1.165, 1.54) is 12.8 Å². The van der Waals surface area contributed by atoms with Gasteiger partial charge in [-0.2, -0.15) is 4.68 Å². The molecule has 5 aromatic rings. The summed E-state index contributed by atoms with van der Waals surface area (Å²) in [5, 5.41) is 28.1. The van der Waals surface area contributed by atoms with Crippen LogP contribution in [0.3, 0.4) is 0 Å². The Morgan fingerprint density at radius 1 is 1.00 bits per heavy atom. The Labute approximate surface area is 236 Å². The minimum Gasteiger partial charge on any atom is -0.477 e. The van der Waals surface area contributed by atoms with Gasteiger partial charge in [0, 0.05) is 33.6 Å². The number of H-pyrrole nitrogens is 1. The van der Waals surface area contributed by atoms with Gasteiger partial charge in [-0.15, -0.1) is 5.10 Å². The lowest BCUT2D eigenvalue weighted by Gasteiger charge is -2.25. The highest BCUT2D eigenvalue weighted by Gasteiger charge is 2.32. The van der Waals surface area contributed by atoms with E-state index in [2.05, 4.69) is 25.8 Å². The van der Waals surface area contributed by atoms with Crippen LogP contribution in [-0.4, -0.2) is 42.3 Å². The van der Waals surface area contributed by atoms with Gasteiger partial charge in [0.2, 0.25) is 0 Å². The number of carboxylic acids is 1. The monoisotopic (exact) mass is 556 g/mol. The average Bonchev–Trinajstić information content (AvgIpc) is 3.50. The van der Waals surface area contributed by atoms with Crippen LogP contribution in [0, 0.1) is 0 Å². The Balaban J connectivity index is 1.46. The van der Waals surface area contributed by atoms with E-state index in [0.29, 0.717) is 39.1 Å². The maximum Gasteiger partial charge on any atom is 0.352 e. The van der Waals surface area contributed by atoms with Gasteiger partial charge in [-0.3, -0.25) is 0 Å². The van der Waals surface area contributed by atoms with Crippen molar-refractivity contribution >= 4 is 28.5 Å². The molecule has 1 saturated carbocycles. The zero-order valence-corrected chi connectivity index (χ0v) is 22.5. The third kappa shape index (κ3) is 5.43. The fourth-order valence-corrected chi connectivity index (χ4v) is 5.66. The molecule has 1 aliphatic rings. The van der Waals surface area contributed by atoms with E-state index in [1.807, 2.05) is 60.7 Å². The number of ether oxygens (including phenoxy) is 1. The summed E-state index contributed by atoms with van der Waals surface area (Å²) in [6, 6.07) is 22.0. The summed E-state index contributed by atoms with van der Waals surface area (Å²) in [4.78, 5) is 15.6. The molecule has 10 heteroatoms. The number of tetrazole rings is 1. The number of hydrogen-bond donors (Lipinski definition) is 3. The predicted octanol–water partition coefficient (Wildman–Crippen LogP) is 6.69. The average molecular weight is 557 g/mol. The van der Waals surface area contributed by atoms with Gasteiger partial charge in [0.1, 0.15) is 17.2 Å². The lowest BCUT2D eigenvalue weighted by atomic mass is 9.98. The van der Waals surface area contributed by atoms with Crippen molar-refractivity contribution in [1.29, 1.82) is 0 Å². The number of rotatable bonds is 8. The molecule has 0 bridgehead atoms. The van der Waals surface area contributed by atoms with E-state index in [0.717, 1.165) is 31.1 Å². The number of para-hydroxylation sites is 1. The summed E-state index contributed by atoms with van der Waals surface area (Å²) in [6.45, 7) is 0. The van der Waals surface area contributed by atoms with Gasteiger partial charge in [-0.1, -0.05) is 67.6 Å². The zero-order valence-electron chi connectivity index (χ0n) is 21.8. The molecule has 40 heavy (non-hydrogen) atoms. The van der Waals surface area contributed by atoms with Crippen molar-refractivity contribution in [3.8, 4) is 17.2 Å². The minimum atomic E-state index is -1.06. The molecule has 1 atom stereocenters. The normalized spacial score (nSPS) is 15.1. The molecule has 0 amide bonds. The van der Waals surface area contributed by atoms with Crippen LogP contribution in [-0.2, 0) is 0 Å². The first-order valence-electron chi connectivity index (χ1n) is 13.5. The Hall–Kier alpha value is -4.21. The van der Waals surface area contributed by atoms with Gasteiger partial charge in [0.05, 0.1) is 11.7 Å². The molecule has 0 saturated heterocycles. The number of hydrogen-bond acceptors (Lipinski definition) is 6. The number of aromatic nitrogens is 5. The maximum absolute atomic E-state index is 12.5. The molecule has 9 nitrogen and oxygen atoms in total. The van der Waals surface area contributed by atoms with Crippen LogP contribution in [0.15, 0.2) is 72.8 Å². The first-order chi connectivity index (χ1) is 19.6. The van der Waals surface area contributed by atoms with Crippen LogP contribution in [0.25, 0.3) is 16.6 Å². The molecule has 2 heterocycles. The van der Waals surface area contributed by atoms with E-state index >= 15 is 0 Å². The maximum atomic E-state index is 12.5. The Morgan fingerprint density at radius 3 is 2.55 bits per heavy atom. The van der Waals surface area contributed by atoms with Crippen LogP contribution in [0.1, 0.15) is 66.4 Å². The molecule has 3 N–H and O–H groups in total. The number of carbonyl (C=O) groups is 1. The van der Waals surface area contributed by atoms with E-state index in [9.17, 15) is 9.90 Å². The van der Waals surface area contributed by atoms with Crippen molar-refractivity contribution in [2.45, 2.75) is 50.6 Å². The van der Waals surface area contributed by atoms with E-state index in [-0.39, 0.29) is 11.7 Å². The summed E-state index contributed by atoms with van der Waals surface area (Å²) in [7, 11) is 0. The molecular weight excluding hydrogens is 528 g/mol. The largest absolute Gasteiger partial charge is 0.477 e. The highest BCUT2D eigenvalue weighted by molar-refractivity contribution is 6.31. The Kier molecular flexibility index (Phi) is 7.48. The SMILES string of the molecule is O=C(O)c1[nH]c2cc(Cl)ccc2c1C(NC1CCCCCC1)c1nnnn1-c1cccc(Oc2ccccc2)c1. The third-order valence-electron chi connectivity index (χ3n) is 7.35. The molecular formula is C30H29ClN6O3. The van der Waals surface area contributed by atoms with Gasteiger partial charge >= 0.3 is 5.97 Å². The fraction of sp³-hybridized carbons (Fsp3) is 0.267. The number of fused-ring (bicyclic) bond motifs is 1. The van der Waals surface area contributed by atoms with Crippen molar-refractivity contribution in [1.82, 2.24) is 30.5 Å². The molecule has 204 valence electrons. The predicted molar refractivity (Wildman–Crippen MR) is 152 cm³/mol. The number of aromatic carboxylic acids is 1. The quantitative estimate of drug-likeness (QED) is 0.182. The van der Waals surface area contributed by atoms with E-state index in [4.69, 9.17) is 16.3 Å². The Morgan fingerprint density at radius 2 is 1.77 bits per heavy atom. The van der Waals surface area contributed by atoms with Crippen LogP contribution >= 0.6 is 11.6 Å². The lowest BCUT2D eigenvalue weighted by Crippen LogP contribution is -2.35. The van der Waals surface area contributed by atoms with Gasteiger partial charge in [-0.05, 0) is 59.7 Å². The smallest absolute Gasteiger partial charge is 0.352 e. The summed E-state index contributed by atoms with van der Waals surface area (Å²) < 4.78 is 7.70. The number of aromatic amines is 1. The van der Waals surface area contributed by atoms with Crippen molar-refractivity contribution in [3.63, 3.8) is 0 Å². The molecule has 1 unspecified atom stereocenters. The molecule has 0 radical (unpaired) electrons.